The Morgan fingerprint density at radius 1 is 1.37 bits per heavy atom. The average molecular weight is 261 g/mol. The van der Waals surface area contributed by atoms with Gasteiger partial charge < -0.3 is 9.15 Å². The highest BCUT2D eigenvalue weighted by atomic mass is 16.6. The van der Waals surface area contributed by atoms with E-state index in [1.807, 2.05) is 0 Å². The van der Waals surface area contributed by atoms with Crippen molar-refractivity contribution >= 4 is 12.0 Å². The van der Waals surface area contributed by atoms with E-state index in [1.165, 1.54) is 12.1 Å². The quantitative estimate of drug-likeness (QED) is 0.469. The Morgan fingerprint density at radius 3 is 2.79 bits per heavy atom. The van der Waals surface area contributed by atoms with Gasteiger partial charge >= 0.3 is 5.69 Å². The fraction of sp³-hybridized carbons (Fsp3) is 0.154. The minimum absolute atomic E-state index is 0.0273. The molecule has 0 saturated heterocycles. The Kier molecular flexibility index (Phi) is 3.61. The fourth-order valence-corrected chi connectivity index (χ4v) is 1.65. The van der Waals surface area contributed by atoms with E-state index in [0.29, 0.717) is 17.6 Å². The van der Waals surface area contributed by atoms with E-state index < -0.39 is 4.92 Å². The summed E-state index contributed by atoms with van der Waals surface area (Å²) in [5, 5.41) is 10.9. The molecule has 0 saturated carbocycles. The zero-order chi connectivity index (χ0) is 13.8. The Labute approximate surface area is 108 Å². The molecule has 0 radical (unpaired) electrons. The van der Waals surface area contributed by atoms with E-state index >= 15 is 0 Å². The molecule has 0 bridgehead atoms. The molecular weight excluding hydrogens is 250 g/mol. The molecule has 0 N–H and O–H groups in total. The van der Waals surface area contributed by atoms with Crippen LogP contribution in [0.1, 0.15) is 21.9 Å². The van der Waals surface area contributed by atoms with E-state index in [-0.39, 0.29) is 23.8 Å². The molecule has 0 aliphatic heterocycles. The maximum Gasteiger partial charge on any atom is 0.311 e. The standard InChI is InChI=1S/C13H11NO5/c1-9-3-2-4-12(14(16)17)13(9)18-8-11-6-5-10(7-15)19-11/h2-7H,8H2,1H3. The number of nitro groups is 1. The second kappa shape index (κ2) is 5.34. The maximum atomic E-state index is 10.9. The third kappa shape index (κ3) is 2.79. The minimum Gasteiger partial charge on any atom is -0.478 e. The lowest BCUT2D eigenvalue weighted by molar-refractivity contribution is -0.386. The van der Waals surface area contributed by atoms with Crippen LogP contribution >= 0.6 is 0 Å². The van der Waals surface area contributed by atoms with Crippen molar-refractivity contribution in [2.24, 2.45) is 0 Å². The summed E-state index contributed by atoms with van der Waals surface area (Å²) in [6.45, 7) is 1.75. The Morgan fingerprint density at radius 2 is 2.16 bits per heavy atom. The number of rotatable bonds is 5. The first kappa shape index (κ1) is 12.8. The zero-order valence-corrected chi connectivity index (χ0v) is 10.2. The smallest absolute Gasteiger partial charge is 0.311 e. The molecule has 0 atom stereocenters. The van der Waals surface area contributed by atoms with Gasteiger partial charge in [0.25, 0.3) is 0 Å². The van der Waals surface area contributed by atoms with Crippen LogP contribution < -0.4 is 4.74 Å². The molecule has 1 aromatic heterocycles. The van der Waals surface area contributed by atoms with Crippen LogP contribution in [0.5, 0.6) is 5.75 Å². The van der Waals surface area contributed by atoms with Crippen LogP contribution in [0.3, 0.4) is 0 Å². The summed E-state index contributed by atoms with van der Waals surface area (Å²) < 4.78 is 10.6. The van der Waals surface area contributed by atoms with Crippen LogP contribution in [0, 0.1) is 17.0 Å². The number of hydrogen-bond donors (Lipinski definition) is 0. The van der Waals surface area contributed by atoms with Crippen molar-refractivity contribution in [3.05, 3.63) is 57.5 Å². The third-order valence-electron chi connectivity index (χ3n) is 2.55. The van der Waals surface area contributed by atoms with Crippen molar-refractivity contribution in [3.63, 3.8) is 0 Å². The first-order valence-electron chi connectivity index (χ1n) is 5.52. The predicted molar refractivity (Wildman–Crippen MR) is 66.3 cm³/mol. The summed E-state index contributed by atoms with van der Waals surface area (Å²) in [6.07, 6.45) is 0.583. The number of aryl methyl sites for hydroxylation is 1. The lowest BCUT2D eigenvalue weighted by Crippen LogP contribution is -2.00. The third-order valence-corrected chi connectivity index (χ3v) is 2.55. The van der Waals surface area contributed by atoms with Gasteiger partial charge in [0.05, 0.1) is 4.92 Å². The molecule has 19 heavy (non-hydrogen) atoms. The summed E-state index contributed by atoms with van der Waals surface area (Å²) in [7, 11) is 0. The number of hydrogen-bond acceptors (Lipinski definition) is 5. The number of para-hydroxylation sites is 1. The molecule has 6 nitrogen and oxygen atoms in total. The molecule has 0 aliphatic carbocycles. The van der Waals surface area contributed by atoms with Gasteiger partial charge in [-0.3, -0.25) is 14.9 Å². The predicted octanol–water partition coefficient (Wildman–Crippen LogP) is 2.89. The van der Waals surface area contributed by atoms with Crippen LogP contribution in [0.25, 0.3) is 0 Å². The maximum absolute atomic E-state index is 10.9. The molecule has 0 fully saturated rings. The van der Waals surface area contributed by atoms with Crippen molar-refractivity contribution in [3.8, 4) is 5.75 Å². The summed E-state index contributed by atoms with van der Waals surface area (Å²) >= 11 is 0. The Bertz CT molecular complexity index is 617. The summed E-state index contributed by atoms with van der Waals surface area (Å²) in [5.74, 6) is 0.828. The number of carbonyl (C=O) groups is 1. The number of furan rings is 1. The normalized spacial score (nSPS) is 10.2. The zero-order valence-electron chi connectivity index (χ0n) is 10.2. The summed E-state index contributed by atoms with van der Waals surface area (Å²) in [4.78, 5) is 20.9. The molecule has 0 amide bonds. The van der Waals surface area contributed by atoms with E-state index in [1.54, 1.807) is 25.1 Å². The second-order valence-corrected chi connectivity index (χ2v) is 3.89. The number of nitrogens with zero attached hydrogens (tertiary/aromatic N) is 1. The minimum atomic E-state index is -0.499. The van der Waals surface area contributed by atoms with Gasteiger partial charge in [-0.25, -0.2) is 0 Å². The van der Waals surface area contributed by atoms with Crippen LogP contribution in [-0.2, 0) is 6.61 Å². The average Bonchev–Trinajstić information content (AvgIpc) is 2.85. The molecule has 0 spiro atoms. The molecule has 0 unspecified atom stereocenters. The molecule has 1 heterocycles. The van der Waals surface area contributed by atoms with Gasteiger partial charge in [0.15, 0.2) is 12.0 Å². The van der Waals surface area contributed by atoms with E-state index in [9.17, 15) is 14.9 Å². The van der Waals surface area contributed by atoms with Gasteiger partial charge in [-0.05, 0) is 24.6 Å². The van der Waals surface area contributed by atoms with E-state index in [4.69, 9.17) is 9.15 Å². The van der Waals surface area contributed by atoms with Gasteiger partial charge in [-0.2, -0.15) is 0 Å². The van der Waals surface area contributed by atoms with Gasteiger partial charge in [0.2, 0.25) is 5.75 Å². The Balaban J connectivity index is 2.19. The lowest BCUT2D eigenvalue weighted by Gasteiger charge is -2.07. The Hall–Kier alpha value is -2.63. The first-order chi connectivity index (χ1) is 9.11. The molecule has 6 heteroatoms. The summed E-state index contributed by atoms with van der Waals surface area (Å²) in [5.41, 5.74) is 0.568. The highest BCUT2D eigenvalue weighted by molar-refractivity contribution is 5.70. The van der Waals surface area contributed by atoms with Crippen molar-refractivity contribution in [2.75, 3.05) is 0 Å². The van der Waals surface area contributed by atoms with Crippen molar-refractivity contribution in [1.29, 1.82) is 0 Å². The molecule has 1 aromatic carbocycles. The van der Waals surface area contributed by atoms with Crippen molar-refractivity contribution in [2.45, 2.75) is 13.5 Å². The first-order valence-corrected chi connectivity index (χ1v) is 5.52. The fourth-order valence-electron chi connectivity index (χ4n) is 1.65. The van der Waals surface area contributed by atoms with Crippen LogP contribution in [-0.4, -0.2) is 11.2 Å². The topological polar surface area (TPSA) is 82.6 Å². The largest absolute Gasteiger partial charge is 0.478 e. The molecular formula is C13H11NO5. The number of ether oxygens (including phenoxy) is 1. The van der Waals surface area contributed by atoms with Gasteiger partial charge in [0.1, 0.15) is 12.4 Å². The number of benzene rings is 1. The molecule has 98 valence electrons. The SMILES string of the molecule is Cc1cccc([N+](=O)[O-])c1OCc1ccc(C=O)o1. The van der Waals surface area contributed by atoms with Crippen LogP contribution in [0.15, 0.2) is 34.7 Å². The highest BCUT2D eigenvalue weighted by Gasteiger charge is 2.17. The second-order valence-electron chi connectivity index (χ2n) is 3.89. The van der Waals surface area contributed by atoms with Gasteiger partial charge in [-0.1, -0.05) is 12.1 Å². The number of nitro benzene ring substituents is 1. The van der Waals surface area contributed by atoms with Crippen molar-refractivity contribution in [1.82, 2.24) is 0 Å². The summed E-state index contributed by atoms with van der Waals surface area (Å²) in [6, 6.07) is 7.80. The van der Waals surface area contributed by atoms with Crippen molar-refractivity contribution < 1.29 is 18.9 Å². The molecule has 2 rings (SSSR count). The monoisotopic (exact) mass is 261 g/mol. The van der Waals surface area contributed by atoms with E-state index in [2.05, 4.69) is 0 Å². The number of aldehydes is 1. The highest BCUT2D eigenvalue weighted by Crippen LogP contribution is 2.30. The lowest BCUT2D eigenvalue weighted by atomic mass is 10.2. The van der Waals surface area contributed by atoms with Gasteiger partial charge in [-0.15, -0.1) is 0 Å². The molecule has 2 aromatic rings. The van der Waals surface area contributed by atoms with Crippen LogP contribution in [0.4, 0.5) is 5.69 Å². The van der Waals surface area contributed by atoms with Gasteiger partial charge in [0, 0.05) is 6.07 Å². The van der Waals surface area contributed by atoms with E-state index in [0.717, 1.165) is 0 Å². The number of carbonyl (C=O) groups excluding carboxylic acids is 1. The molecule has 0 aliphatic rings. The van der Waals surface area contributed by atoms with Crippen LogP contribution in [0.2, 0.25) is 0 Å².